The van der Waals surface area contributed by atoms with Crippen molar-refractivity contribution in [3.63, 3.8) is 0 Å². The number of carbonyl (C=O) groups is 2. The van der Waals surface area contributed by atoms with E-state index in [1.165, 1.54) is 6.21 Å². The van der Waals surface area contributed by atoms with Crippen LogP contribution in [0.25, 0.3) is 10.9 Å². The van der Waals surface area contributed by atoms with Gasteiger partial charge in [0.1, 0.15) is 6.04 Å². The first-order valence-corrected chi connectivity index (χ1v) is 11.1. The molecule has 0 saturated heterocycles. The fourth-order valence-electron chi connectivity index (χ4n) is 3.83. The van der Waals surface area contributed by atoms with Crippen molar-refractivity contribution in [1.29, 1.82) is 0 Å². The Labute approximate surface area is 206 Å². The lowest BCUT2D eigenvalue weighted by Gasteiger charge is -2.19. The zero-order chi connectivity index (χ0) is 26.6. The van der Waals surface area contributed by atoms with Crippen LogP contribution in [0, 0.1) is 33.1 Å². The van der Waals surface area contributed by atoms with E-state index in [0.717, 1.165) is 40.4 Å². The van der Waals surface area contributed by atoms with Crippen LogP contribution in [0.3, 0.4) is 0 Å². The van der Waals surface area contributed by atoms with Crippen LogP contribution in [0.1, 0.15) is 41.9 Å². The number of nitrogens with zero attached hydrogens (tertiary/aromatic N) is 4. The third-order valence-corrected chi connectivity index (χ3v) is 5.73. The van der Waals surface area contributed by atoms with E-state index in [1.807, 2.05) is 56.7 Å². The number of fused-ring (bicyclic) bond motifs is 1. The fourth-order valence-corrected chi connectivity index (χ4v) is 3.83. The van der Waals surface area contributed by atoms with Crippen LogP contribution < -0.4 is 10.7 Å². The molecule has 2 amide bonds. The van der Waals surface area contributed by atoms with E-state index in [0.29, 0.717) is 0 Å². The standard InChI is InChI=1S/C24H26N6O6/c1-14(2)9-21(26-23(31)16-10-17(29(33)34)12-18(11-16)30(35)36)24(32)27-25-13-20-15(3)28(4)22-8-6-5-7-19(20)22/h5-8,10-14,21H,9H2,1-4H3,(H,26,31)(H,27,32)/b25-13-/t21-/m0/s1. The van der Waals surface area contributed by atoms with Crippen molar-refractivity contribution in [2.24, 2.45) is 18.1 Å². The van der Waals surface area contributed by atoms with Gasteiger partial charge in [0.25, 0.3) is 23.2 Å². The molecule has 0 saturated carbocycles. The Hall–Kier alpha value is -4.61. The molecule has 12 heteroatoms. The molecule has 3 aromatic rings. The summed E-state index contributed by atoms with van der Waals surface area (Å²) in [6.07, 6.45) is 1.78. The Balaban J connectivity index is 1.81. The lowest BCUT2D eigenvalue weighted by Crippen LogP contribution is -2.46. The molecule has 1 aromatic heterocycles. The molecule has 3 rings (SSSR count). The monoisotopic (exact) mass is 494 g/mol. The smallest absolute Gasteiger partial charge is 0.277 e. The van der Waals surface area contributed by atoms with E-state index in [1.54, 1.807) is 0 Å². The number of para-hydroxylation sites is 1. The Kier molecular flexibility index (Phi) is 7.77. The number of hydrogen-bond acceptors (Lipinski definition) is 7. The molecular weight excluding hydrogens is 468 g/mol. The van der Waals surface area contributed by atoms with Gasteiger partial charge in [-0.05, 0) is 25.3 Å². The molecule has 0 bridgehead atoms. The van der Waals surface area contributed by atoms with Crippen LogP contribution in [0.5, 0.6) is 0 Å². The van der Waals surface area contributed by atoms with Crippen LogP contribution in [0.15, 0.2) is 47.6 Å². The number of hydrogen-bond donors (Lipinski definition) is 2. The van der Waals surface area contributed by atoms with E-state index in [9.17, 15) is 29.8 Å². The van der Waals surface area contributed by atoms with Crippen LogP contribution in [0.4, 0.5) is 11.4 Å². The minimum Gasteiger partial charge on any atom is -0.347 e. The summed E-state index contributed by atoms with van der Waals surface area (Å²) in [6, 6.07) is 9.35. The van der Waals surface area contributed by atoms with Crippen molar-refractivity contribution in [1.82, 2.24) is 15.3 Å². The Morgan fingerprint density at radius 2 is 1.69 bits per heavy atom. The highest BCUT2D eigenvalue weighted by Crippen LogP contribution is 2.24. The van der Waals surface area contributed by atoms with E-state index in [2.05, 4.69) is 15.8 Å². The second kappa shape index (κ2) is 10.8. The number of nitrogens with one attached hydrogen (secondary N) is 2. The highest BCUT2D eigenvalue weighted by atomic mass is 16.6. The first kappa shape index (κ1) is 26.0. The van der Waals surface area contributed by atoms with Gasteiger partial charge in [0.05, 0.1) is 27.7 Å². The number of carbonyl (C=O) groups excluding carboxylic acids is 2. The molecule has 36 heavy (non-hydrogen) atoms. The molecule has 1 atom stereocenters. The molecule has 0 spiro atoms. The number of amides is 2. The van der Waals surface area contributed by atoms with Crippen molar-refractivity contribution in [3.8, 4) is 0 Å². The number of aryl methyl sites for hydroxylation is 1. The number of rotatable bonds is 9. The highest BCUT2D eigenvalue weighted by Gasteiger charge is 2.25. The summed E-state index contributed by atoms with van der Waals surface area (Å²) >= 11 is 0. The summed E-state index contributed by atoms with van der Waals surface area (Å²) in [5.74, 6) is -1.44. The zero-order valence-corrected chi connectivity index (χ0v) is 20.2. The summed E-state index contributed by atoms with van der Waals surface area (Å²) in [7, 11) is 1.93. The summed E-state index contributed by atoms with van der Waals surface area (Å²) in [5, 5.41) is 29.8. The van der Waals surface area contributed by atoms with Crippen molar-refractivity contribution in [2.45, 2.75) is 33.2 Å². The first-order valence-electron chi connectivity index (χ1n) is 11.1. The molecule has 0 aliphatic carbocycles. The van der Waals surface area contributed by atoms with Gasteiger partial charge in [0.15, 0.2) is 0 Å². The Morgan fingerprint density at radius 3 is 2.28 bits per heavy atom. The largest absolute Gasteiger partial charge is 0.347 e. The summed E-state index contributed by atoms with van der Waals surface area (Å²) in [5.41, 5.74) is 3.74. The molecule has 2 aromatic carbocycles. The molecule has 2 N–H and O–H groups in total. The minimum atomic E-state index is -1.03. The number of non-ortho nitro benzene ring substituents is 2. The van der Waals surface area contributed by atoms with E-state index in [4.69, 9.17) is 0 Å². The van der Waals surface area contributed by atoms with E-state index < -0.39 is 39.1 Å². The van der Waals surface area contributed by atoms with Gasteiger partial charge in [0, 0.05) is 41.3 Å². The SMILES string of the molecule is Cc1c(/C=N\NC(=O)[C@H](CC(C)C)NC(=O)c2cc([N+](=O)[O-])cc([N+](=O)[O-])c2)c2ccccc2n1C. The molecule has 0 radical (unpaired) electrons. The van der Waals surface area contributed by atoms with Gasteiger partial charge in [-0.25, -0.2) is 5.43 Å². The van der Waals surface area contributed by atoms with Crippen LogP contribution in [0.2, 0.25) is 0 Å². The van der Waals surface area contributed by atoms with Gasteiger partial charge in [0.2, 0.25) is 0 Å². The minimum absolute atomic E-state index is 0.00443. The van der Waals surface area contributed by atoms with Crippen molar-refractivity contribution >= 4 is 40.3 Å². The number of nitro benzene ring substituents is 2. The van der Waals surface area contributed by atoms with Crippen molar-refractivity contribution < 1.29 is 19.4 Å². The maximum absolute atomic E-state index is 12.9. The van der Waals surface area contributed by atoms with Gasteiger partial charge in [-0.15, -0.1) is 0 Å². The highest BCUT2D eigenvalue weighted by molar-refractivity contribution is 6.02. The zero-order valence-electron chi connectivity index (χ0n) is 20.2. The van der Waals surface area contributed by atoms with Gasteiger partial charge < -0.3 is 9.88 Å². The predicted molar refractivity (Wildman–Crippen MR) is 134 cm³/mol. The Morgan fingerprint density at radius 1 is 1.08 bits per heavy atom. The molecule has 12 nitrogen and oxygen atoms in total. The lowest BCUT2D eigenvalue weighted by molar-refractivity contribution is -0.394. The van der Waals surface area contributed by atoms with Crippen molar-refractivity contribution in [2.75, 3.05) is 0 Å². The molecular formula is C24H26N6O6. The van der Waals surface area contributed by atoms with Gasteiger partial charge >= 0.3 is 0 Å². The molecule has 0 aliphatic heterocycles. The average molecular weight is 495 g/mol. The van der Waals surface area contributed by atoms with E-state index in [-0.39, 0.29) is 17.9 Å². The summed E-state index contributed by atoms with van der Waals surface area (Å²) in [4.78, 5) is 46.3. The van der Waals surface area contributed by atoms with Crippen LogP contribution in [-0.4, -0.2) is 38.5 Å². The molecule has 0 aliphatic rings. The lowest BCUT2D eigenvalue weighted by atomic mass is 10.0. The van der Waals surface area contributed by atoms with Gasteiger partial charge in [-0.3, -0.25) is 29.8 Å². The van der Waals surface area contributed by atoms with Gasteiger partial charge in [-0.2, -0.15) is 5.10 Å². The Bertz CT molecular complexity index is 1340. The first-order chi connectivity index (χ1) is 17.0. The van der Waals surface area contributed by atoms with Gasteiger partial charge in [-0.1, -0.05) is 32.0 Å². The quantitative estimate of drug-likeness (QED) is 0.262. The maximum Gasteiger partial charge on any atom is 0.277 e. The number of benzene rings is 2. The third kappa shape index (κ3) is 5.71. The topological polar surface area (TPSA) is 162 Å². The second-order valence-electron chi connectivity index (χ2n) is 8.72. The number of hydrazone groups is 1. The average Bonchev–Trinajstić information content (AvgIpc) is 3.07. The summed E-state index contributed by atoms with van der Waals surface area (Å²) < 4.78 is 2.01. The molecule has 188 valence electrons. The fraction of sp³-hybridized carbons (Fsp3) is 0.292. The number of aromatic nitrogens is 1. The third-order valence-electron chi connectivity index (χ3n) is 5.73. The molecule has 0 unspecified atom stereocenters. The molecule has 0 fully saturated rings. The normalized spacial score (nSPS) is 12.1. The van der Waals surface area contributed by atoms with E-state index >= 15 is 0 Å². The molecule has 1 heterocycles. The predicted octanol–water partition coefficient (Wildman–Crippen LogP) is 3.60. The maximum atomic E-state index is 12.9. The van der Waals surface area contributed by atoms with Crippen LogP contribution >= 0.6 is 0 Å². The second-order valence-corrected chi connectivity index (χ2v) is 8.72. The van der Waals surface area contributed by atoms with Crippen LogP contribution in [-0.2, 0) is 11.8 Å². The summed E-state index contributed by atoms with van der Waals surface area (Å²) in [6.45, 7) is 5.64. The number of nitro groups is 2. The van der Waals surface area contributed by atoms with Crippen molar-refractivity contribution in [3.05, 3.63) is 79.5 Å².